The normalized spacial score (nSPS) is 27.2. The van der Waals surface area contributed by atoms with Crippen LogP contribution >= 0.6 is 30.8 Å². The Morgan fingerprint density at radius 3 is 1.23 bits per heavy atom. The first-order valence-electron chi connectivity index (χ1n) is 24.2. The Hall–Kier alpha value is -1.79. The van der Waals surface area contributed by atoms with Crippen molar-refractivity contribution in [2.75, 3.05) is 174 Å². The van der Waals surface area contributed by atoms with Gasteiger partial charge in [-0.25, -0.2) is 32.3 Å². The Bertz CT molecular complexity index is 1990. The van der Waals surface area contributed by atoms with Crippen molar-refractivity contribution in [1.29, 1.82) is 0 Å². The van der Waals surface area contributed by atoms with Gasteiger partial charge in [-0.15, -0.1) is 0 Å². The number of aliphatic hydroxyl groups excluding tert-OH is 1. The maximum absolute atomic E-state index is 15.4. The fourth-order valence-electron chi connectivity index (χ4n) is 8.44. The minimum atomic E-state index is -4.41. The van der Waals surface area contributed by atoms with Gasteiger partial charge in [0.25, 0.3) is 0 Å². The Kier molecular flexibility index (Phi) is 20.7. The van der Waals surface area contributed by atoms with Crippen molar-refractivity contribution in [3.05, 3.63) is 0 Å². The molecule has 0 bridgehead atoms. The Morgan fingerprint density at radius 2 is 0.857 bits per heavy atom. The highest BCUT2D eigenvalue weighted by Crippen LogP contribution is 2.58. The Morgan fingerprint density at radius 1 is 0.514 bits per heavy atom. The number of guanidine groups is 3. The quantitative estimate of drug-likeness (QED) is 0.110. The average Bonchev–Trinajstić information content (AvgIpc) is 3.93. The van der Waals surface area contributed by atoms with Gasteiger partial charge in [0.15, 0.2) is 0 Å². The number of ether oxygens (including phenoxy) is 3. The van der Waals surface area contributed by atoms with E-state index in [-0.39, 0.29) is 85.6 Å². The maximum atomic E-state index is 15.4. The zero-order valence-electron chi connectivity index (χ0n) is 42.7. The zero-order chi connectivity index (χ0) is 50.9. The van der Waals surface area contributed by atoms with Gasteiger partial charge in [0, 0.05) is 127 Å². The molecule has 2 N–H and O–H groups in total. The van der Waals surface area contributed by atoms with Crippen LogP contribution in [0.3, 0.4) is 0 Å². The van der Waals surface area contributed by atoms with E-state index in [0.29, 0.717) is 63.4 Å². The van der Waals surface area contributed by atoms with Crippen molar-refractivity contribution in [3.8, 4) is 0 Å². The molecular formula is C40H80N12O14P4. The fourth-order valence-corrected chi connectivity index (χ4v) is 15.4. The average molecular weight is 1080 g/mol. The molecule has 0 aromatic rings. The molecule has 0 saturated carbocycles. The number of morpholine rings is 3. The van der Waals surface area contributed by atoms with Gasteiger partial charge in [-0.3, -0.25) is 22.6 Å². The number of phosphoric acid groups is 1. The number of phosphoric ester groups is 1. The number of hydrogen-bond acceptors (Lipinski definition) is 13. The van der Waals surface area contributed by atoms with Gasteiger partial charge in [-0.1, -0.05) is 12.8 Å². The van der Waals surface area contributed by atoms with E-state index in [1.165, 1.54) is 0 Å². The lowest BCUT2D eigenvalue weighted by atomic mass is 10.2. The first-order chi connectivity index (χ1) is 33.0. The predicted molar refractivity (Wildman–Crippen MR) is 265 cm³/mol. The summed E-state index contributed by atoms with van der Waals surface area (Å²) in [4.78, 5) is 21.9. The second-order valence-electron chi connectivity index (χ2n) is 19.4. The zero-order valence-corrected chi connectivity index (χ0v) is 46.2. The van der Waals surface area contributed by atoms with E-state index >= 15 is 9.13 Å². The molecule has 6 rings (SSSR count). The molecule has 0 spiro atoms. The highest BCUT2D eigenvalue weighted by Gasteiger charge is 2.45. The van der Waals surface area contributed by atoms with Crippen molar-refractivity contribution in [1.82, 2.24) is 43.4 Å². The van der Waals surface area contributed by atoms with Gasteiger partial charge in [-0.2, -0.15) is 14.3 Å². The summed E-state index contributed by atoms with van der Waals surface area (Å²) in [5, 5.41) is 8.98. The van der Waals surface area contributed by atoms with Gasteiger partial charge in [0.2, 0.25) is 17.9 Å². The SMILES string of the molecule is CN1CCN(C)C1=NP(=O)(OC[C@@H]1CN(P(=O)(N=C2N(C)CCN2C)OC[C@@H]2CN(P(=O)(N=C3N(C)CCN3C)OC(C)(C)C)CCO2)CCO1)N1CCO[C@H](COP(=O)(O)OCCCCCCO)C1. The molecule has 0 amide bonds. The molecule has 0 aromatic carbocycles. The van der Waals surface area contributed by atoms with Crippen LogP contribution in [0.4, 0.5) is 0 Å². The molecule has 0 aliphatic carbocycles. The van der Waals surface area contributed by atoms with Crippen LogP contribution in [0.25, 0.3) is 0 Å². The number of rotatable bonds is 23. The summed E-state index contributed by atoms with van der Waals surface area (Å²) in [6.45, 7) is 10.4. The summed E-state index contributed by atoms with van der Waals surface area (Å²) in [6.07, 6.45) is 0.508. The lowest BCUT2D eigenvalue weighted by Crippen LogP contribution is -2.46. The van der Waals surface area contributed by atoms with E-state index in [2.05, 4.69) is 0 Å². The van der Waals surface area contributed by atoms with Gasteiger partial charge >= 0.3 is 30.8 Å². The largest absolute Gasteiger partial charge is 0.472 e. The first kappa shape index (κ1) is 57.5. The van der Waals surface area contributed by atoms with Crippen molar-refractivity contribution in [3.63, 3.8) is 0 Å². The lowest BCUT2D eigenvalue weighted by Gasteiger charge is -2.39. The van der Waals surface area contributed by atoms with Crippen LogP contribution in [0.15, 0.2) is 14.3 Å². The summed E-state index contributed by atoms with van der Waals surface area (Å²) >= 11 is 0. The van der Waals surface area contributed by atoms with E-state index < -0.39 is 54.7 Å². The standard InChI is InChI=1S/C40H80N12O14P4/c1-40(2,3)66-69(56,43-39-48(8)18-19-49(39)9)52-22-27-60-35(30-52)32-64-67(54,41-37-44(4)14-15-45(37)5)50-20-25-59-34(28-50)31-63-68(55,42-38-46(6)16-17-47(38)7)51-21-26-61-36(29-51)33-65-70(57,58)62-24-13-11-10-12-23-53/h34-36,53H,10-33H2,1-9H3,(H,57,58)/t34-,35-,36-,67?,68?,69?/m0/s1. The minimum absolute atomic E-state index is 0.00191. The molecular weight excluding hydrogens is 996 g/mol. The number of aliphatic hydroxyl groups is 1. The van der Waals surface area contributed by atoms with Crippen LogP contribution in [-0.4, -0.2) is 269 Å². The van der Waals surface area contributed by atoms with Crippen LogP contribution in [0, 0.1) is 0 Å². The number of hydrogen-bond donors (Lipinski definition) is 2. The molecule has 4 unspecified atom stereocenters. The van der Waals surface area contributed by atoms with E-state index in [9.17, 15) is 14.0 Å². The van der Waals surface area contributed by atoms with Gasteiger partial charge < -0.3 is 53.6 Å². The van der Waals surface area contributed by atoms with Crippen molar-refractivity contribution in [2.45, 2.75) is 70.4 Å². The van der Waals surface area contributed by atoms with Crippen LogP contribution in [0.1, 0.15) is 46.5 Å². The third-order valence-electron chi connectivity index (χ3n) is 12.4. The third-order valence-corrected chi connectivity index (χ3v) is 19.7. The van der Waals surface area contributed by atoms with Crippen LogP contribution in [0.2, 0.25) is 0 Å². The molecule has 30 heteroatoms. The van der Waals surface area contributed by atoms with E-state index in [4.69, 9.17) is 56.2 Å². The molecule has 6 aliphatic rings. The summed E-state index contributed by atoms with van der Waals surface area (Å²) < 4.78 is 125. The maximum Gasteiger partial charge on any atom is 0.472 e. The molecule has 0 radical (unpaired) electrons. The van der Waals surface area contributed by atoms with Gasteiger partial charge in [0.1, 0.15) is 0 Å². The van der Waals surface area contributed by atoms with Crippen LogP contribution in [0.5, 0.6) is 0 Å². The molecule has 6 heterocycles. The van der Waals surface area contributed by atoms with E-state index in [0.717, 1.165) is 25.9 Å². The number of likely N-dealkylation sites (N-methyl/N-ethyl adjacent to an activating group) is 6. The highest BCUT2D eigenvalue weighted by atomic mass is 31.2. The topological polar surface area (TPSA) is 249 Å². The molecule has 6 saturated heterocycles. The second kappa shape index (κ2) is 25.2. The third kappa shape index (κ3) is 15.9. The molecule has 26 nitrogen and oxygen atoms in total. The summed E-state index contributed by atoms with van der Waals surface area (Å²) in [5.74, 6) is 1.53. The summed E-state index contributed by atoms with van der Waals surface area (Å²) in [6, 6.07) is 0. The van der Waals surface area contributed by atoms with Crippen LogP contribution in [-0.2, 0) is 55.1 Å². The predicted octanol–water partition coefficient (Wildman–Crippen LogP) is 2.65. The van der Waals surface area contributed by atoms with Crippen LogP contribution < -0.4 is 0 Å². The van der Waals surface area contributed by atoms with Gasteiger partial charge in [-0.05, 0) is 33.6 Å². The Labute approximate surface area is 414 Å². The molecule has 6 aliphatic heterocycles. The monoisotopic (exact) mass is 1080 g/mol. The molecule has 404 valence electrons. The molecule has 70 heavy (non-hydrogen) atoms. The fraction of sp³-hybridized carbons (Fsp3) is 0.925. The molecule has 6 fully saturated rings. The van der Waals surface area contributed by atoms with Gasteiger partial charge in [0.05, 0.1) is 70.2 Å². The molecule has 7 atom stereocenters. The summed E-state index contributed by atoms with van der Waals surface area (Å²) in [7, 11) is -5.14. The van der Waals surface area contributed by atoms with E-state index in [1.54, 1.807) is 14.0 Å². The second-order valence-corrected chi connectivity index (χ2v) is 26.8. The lowest BCUT2D eigenvalue weighted by molar-refractivity contribution is -0.0471. The highest BCUT2D eigenvalue weighted by molar-refractivity contribution is 7.56. The minimum Gasteiger partial charge on any atom is -0.396 e. The first-order valence-corrected chi connectivity index (χ1v) is 30.3. The van der Waals surface area contributed by atoms with E-state index in [1.807, 2.05) is 92.5 Å². The van der Waals surface area contributed by atoms with Crippen molar-refractivity contribution < 1.29 is 65.1 Å². The smallest absolute Gasteiger partial charge is 0.396 e. The molecule has 0 aromatic heterocycles. The van der Waals surface area contributed by atoms with Crippen molar-refractivity contribution in [2.24, 2.45) is 14.3 Å². The number of unbranched alkanes of at least 4 members (excludes halogenated alkanes) is 3. The number of nitrogens with zero attached hydrogens (tertiary/aromatic N) is 12. The summed E-state index contributed by atoms with van der Waals surface area (Å²) in [5.41, 5.74) is -0.782. The Balaban J connectivity index is 1.16. The van der Waals surface area contributed by atoms with Crippen molar-refractivity contribution >= 4 is 48.7 Å².